The Kier molecular flexibility index (Phi) is 5.41. The summed E-state index contributed by atoms with van der Waals surface area (Å²) in [5.74, 6) is 0.482. The van der Waals surface area contributed by atoms with Gasteiger partial charge in [0, 0.05) is 16.8 Å². The molecule has 0 bridgehead atoms. The summed E-state index contributed by atoms with van der Waals surface area (Å²) in [5, 5.41) is 3.44. The first-order chi connectivity index (χ1) is 14.4. The molecule has 0 aliphatic heterocycles. The molecule has 0 aliphatic rings. The minimum Gasteiger partial charge on any atom is -0.494 e. The van der Waals surface area contributed by atoms with E-state index in [0.29, 0.717) is 28.5 Å². The molecule has 0 atom stereocenters. The lowest BCUT2D eigenvalue weighted by molar-refractivity contribution is 0.102. The molecule has 152 valence electrons. The Bertz CT molecular complexity index is 1260. The van der Waals surface area contributed by atoms with Crippen LogP contribution in [-0.4, -0.2) is 18.0 Å². The Labute approximate surface area is 183 Å². The third kappa shape index (κ3) is 3.86. The van der Waals surface area contributed by atoms with E-state index in [1.165, 1.54) is 19.2 Å². The Morgan fingerprint density at radius 1 is 1.03 bits per heavy atom. The van der Waals surface area contributed by atoms with Crippen LogP contribution in [0.25, 0.3) is 22.6 Å². The smallest absolute Gasteiger partial charge is 0.255 e. The lowest BCUT2D eigenvalue weighted by atomic mass is 10.1. The van der Waals surface area contributed by atoms with Crippen molar-refractivity contribution >= 4 is 45.9 Å². The Hall–Kier alpha value is -3.02. The third-order valence-electron chi connectivity index (χ3n) is 4.74. The number of methoxy groups -OCH3 is 1. The van der Waals surface area contributed by atoms with Gasteiger partial charge in [-0.2, -0.15) is 0 Å². The van der Waals surface area contributed by atoms with E-state index in [4.69, 9.17) is 32.4 Å². The molecule has 0 saturated heterocycles. The molecule has 1 amide bonds. The van der Waals surface area contributed by atoms with Crippen molar-refractivity contribution in [1.29, 1.82) is 0 Å². The number of carbonyl (C=O) groups excluding carboxylic acids is 1. The zero-order valence-electron chi connectivity index (χ0n) is 16.5. The minimum absolute atomic E-state index is 0.266. The largest absolute Gasteiger partial charge is 0.494 e. The molecule has 4 rings (SSSR count). The number of carbonyl (C=O) groups is 1. The van der Waals surface area contributed by atoms with Gasteiger partial charge in [-0.15, -0.1) is 0 Å². The van der Waals surface area contributed by atoms with Crippen molar-refractivity contribution in [2.75, 3.05) is 12.4 Å². The number of hydrogen-bond donors (Lipinski definition) is 1. The van der Waals surface area contributed by atoms with E-state index in [1.807, 2.05) is 50.2 Å². The molecule has 3 aromatic carbocycles. The fourth-order valence-electron chi connectivity index (χ4n) is 3.13. The fraction of sp³-hybridized carbons (Fsp3) is 0.130. The maximum Gasteiger partial charge on any atom is 0.255 e. The van der Waals surface area contributed by atoms with E-state index in [1.54, 1.807) is 0 Å². The molecular weight excluding hydrogens is 423 g/mol. The van der Waals surface area contributed by atoms with Crippen molar-refractivity contribution in [2.24, 2.45) is 0 Å². The second kappa shape index (κ2) is 8.01. The second-order valence-electron chi connectivity index (χ2n) is 6.95. The van der Waals surface area contributed by atoms with Crippen molar-refractivity contribution in [3.8, 4) is 17.2 Å². The molecule has 0 unspecified atom stereocenters. The summed E-state index contributed by atoms with van der Waals surface area (Å²) in [7, 11) is 1.47. The number of rotatable bonds is 4. The number of oxazole rings is 1. The van der Waals surface area contributed by atoms with Crippen LogP contribution in [0.5, 0.6) is 5.75 Å². The third-order valence-corrected chi connectivity index (χ3v) is 5.30. The van der Waals surface area contributed by atoms with Crippen molar-refractivity contribution in [3.05, 3.63) is 75.3 Å². The summed E-state index contributed by atoms with van der Waals surface area (Å²) in [6.07, 6.45) is 0. The van der Waals surface area contributed by atoms with Gasteiger partial charge in [0.05, 0.1) is 17.2 Å². The van der Waals surface area contributed by atoms with E-state index < -0.39 is 0 Å². The molecule has 5 nitrogen and oxygen atoms in total. The number of fused-ring (bicyclic) bond motifs is 1. The monoisotopic (exact) mass is 440 g/mol. The first kappa shape index (κ1) is 20.3. The van der Waals surface area contributed by atoms with Crippen LogP contribution in [-0.2, 0) is 0 Å². The van der Waals surface area contributed by atoms with E-state index >= 15 is 0 Å². The van der Waals surface area contributed by atoms with Gasteiger partial charge in [-0.3, -0.25) is 4.79 Å². The Morgan fingerprint density at radius 2 is 1.77 bits per heavy atom. The highest BCUT2D eigenvalue weighted by molar-refractivity contribution is 6.37. The van der Waals surface area contributed by atoms with Crippen LogP contribution in [0.15, 0.2) is 52.9 Å². The number of anilines is 1. The molecule has 0 spiro atoms. The summed E-state index contributed by atoms with van der Waals surface area (Å²) in [5.41, 5.74) is 5.23. The topological polar surface area (TPSA) is 64.4 Å². The van der Waals surface area contributed by atoms with Crippen molar-refractivity contribution in [3.63, 3.8) is 0 Å². The maximum atomic E-state index is 12.8. The van der Waals surface area contributed by atoms with Gasteiger partial charge < -0.3 is 14.5 Å². The second-order valence-corrected chi connectivity index (χ2v) is 7.76. The van der Waals surface area contributed by atoms with Crippen LogP contribution in [0, 0.1) is 13.8 Å². The average molecular weight is 441 g/mol. The summed E-state index contributed by atoms with van der Waals surface area (Å²) in [6, 6.07) is 14.5. The zero-order valence-corrected chi connectivity index (χ0v) is 18.1. The first-order valence-electron chi connectivity index (χ1n) is 9.18. The quantitative estimate of drug-likeness (QED) is 0.384. The molecule has 1 heterocycles. The normalized spacial score (nSPS) is 11.0. The zero-order chi connectivity index (χ0) is 21.4. The van der Waals surface area contributed by atoms with Gasteiger partial charge in [0.25, 0.3) is 5.91 Å². The molecule has 30 heavy (non-hydrogen) atoms. The Balaban J connectivity index is 1.65. The summed E-state index contributed by atoms with van der Waals surface area (Å²) in [4.78, 5) is 17.4. The van der Waals surface area contributed by atoms with Gasteiger partial charge in [-0.05, 0) is 61.4 Å². The van der Waals surface area contributed by atoms with Crippen LogP contribution in [0.2, 0.25) is 10.0 Å². The lowest BCUT2D eigenvalue weighted by Gasteiger charge is -2.12. The van der Waals surface area contributed by atoms with Gasteiger partial charge in [-0.1, -0.05) is 35.3 Å². The van der Waals surface area contributed by atoms with Gasteiger partial charge in [-0.25, -0.2) is 4.98 Å². The number of nitrogens with zero attached hydrogens (tertiary/aromatic N) is 1. The van der Waals surface area contributed by atoms with Gasteiger partial charge in [0.2, 0.25) is 5.89 Å². The lowest BCUT2D eigenvalue weighted by Crippen LogP contribution is -2.13. The number of aromatic nitrogens is 1. The van der Waals surface area contributed by atoms with Gasteiger partial charge in [0.15, 0.2) is 11.3 Å². The molecule has 1 N–H and O–H groups in total. The van der Waals surface area contributed by atoms with E-state index in [2.05, 4.69) is 10.3 Å². The Morgan fingerprint density at radius 3 is 2.47 bits per heavy atom. The molecule has 0 aliphatic carbocycles. The highest BCUT2D eigenvalue weighted by Crippen LogP contribution is 2.34. The summed E-state index contributed by atoms with van der Waals surface area (Å²) >= 11 is 12.3. The molecule has 0 saturated carbocycles. The highest BCUT2D eigenvalue weighted by atomic mass is 35.5. The fourth-order valence-corrected chi connectivity index (χ4v) is 3.77. The van der Waals surface area contributed by atoms with Crippen LogP contribution in [0.4, 0.5) is 5.69 Å². The van der Waals surface area contributed by atoms with Crippen LogP contribution >= 0.6 is 23.2 Å². The molecular formula is C23H18Cl2N2O3. The summed E-state index contributed by atoms with van der Waals surface area (Å²) < 4.78 is 11.0. The van der Waals surface area contributed by atoms with Crippen molar-refractivity contribution in [1.82, 2.24) is 4.98 Å². The molecule has 7 heteroatoms. The highest BCUT2D eigenvalue weighted by Gasteiger charge is 2.16. The van der Waals surface area contributed by atoms with Gasteiger partial charge in [0.1, 0.15) is 5.52 Å². The van der Waals surface area contributed by atoms with Crippen LogP contribution in [0.3, 0.4) is 0 Å². The first-order valence-corrected chi connectivity index (χ1v) is 9.94. The van der Waals surface area contributed by atoms with Gasteiger partial charge >= 0.3 is 0 Å². The average Bonchev–Trinajstić information content (AvgIpc) is 3.12. The van der Waals surface area contributed by atoms with Crippen LogP contribution in [0.1, 0.15) is 21.5 Å². The van der Waals surface area contributed by atoms with Crippen molar-refractivity contribution < 1.29 is 13.9 Å². The van der Waals surface area contributed by atoms with E-state index in [9.17, 15) is 4.79 Å². The van der Waals surface area contributed by atoms with Crippen molar-refractivity contribution in [2.45, 2.75) is 13.8 Å². The number of hydrogen-bond acceptors (Lipinski definition) is 4. The number of amides is 1. The number of ether oxygens (including phenoxy) is 1. The SMILES string of the molecule is COc1c(Cl)cc(C(=O)Nc2cc(-c3nc4cc(C)ccc4o3)ccc2C)cc1Cl. The molecule has 0 radical (unpaired) electrons. The number of benzene rings is 3. The van der Waals surface area contributed by atoms with Crippen LogP contribution < -0.4 is 10.1 Å². The number of aryl methyl sites for hydroxylation is 2. The van der Waals surface area contributed by atoms with E-state index in [0.717, 1.165) is 22.2 Å². The molecule has 4 aromatic rings. The maximum absolute atomic E-state index is 12.8. The standard InChI is InChI=1S/C23H18Cl2N2O3/c1-12-4-7-20-19(8-12)27-23(30-20)14-6-5-13(2)18(11-14)26-22(28)15-9-16(24)21(29-3)17(25)10-15/h4-11H,1-3H3,(H,26,28). The molecule has 1 aromatic heterocycles. The number of nitrogens with one attached hydrogen (secondary N) is 1. The summed E-state index contributed by atoms with van der Waals surface area (Å²) in [6.45, 7) is 3.91. The predicted octanol–water partition coefficient (Wildman–Crippen LogP) is 6.68. The number of halogens is 2. The molecule has 0 fully saturated rings. The van der Waals surface area contributed by atoms with E-state index in [-0.39, 0.29) is 16.0 Å². The predicted molar refractivity (Wildman–Crippen MR) is 120 cm³/mol. The minimum atomic E-state index is -0.338.